The Bertz CT molecular complexity index is 1440. The Balaban J connectivity index is 1.29. The fourth-order valence-corrected chi connectivity index (χ4v) is 5.51. The molecule has 0 aliphatic carbocycles. The Labute approximate surface area is 229 Å². The van der Waals surface area contributed by atoms with Gasteiger partial charge in [-0.05, 0) is 48.2 Å². The van der Waals surface area contributed by atoms with Crippen LogP contribution in [0.2, 0.25) is 0 Å². The van der Waals surface area contributed by atoms with E-state index in [0.717, 1.165) is 22.4 Å². The Morgan fingerprint density at radius 1 is 1.08 bits per heavy atom. The summed E-state index contributed by atoms with van der Waals surface area (Å²) in [6.07, 6.45) is 0.224. The molecular weight excluding hydrogens is 516 g/mol. The highest BCUT2D eigenvalue weighted by molar-refractivity contribution is 7.13. The number of thiazole rings is 1. The minimum atomic E-state index is -1.94. The van der Waals surface area contributed by atoms with Crippen LogP contribution in [0.15, 0.2) is 72.4 Å². The SMILES string of the molecule is CNc1nc([C@H]2c3ccccc3CCN2C(=O)[C@H](O)[C@@H](O)C(=O)N[C@H](C)c2ccc(-n3cccn3)cc2)cs1. The van der Waals surface area contributed by atoms with Crippen LogP contribution in [0, 0.1) is 0 Å². The molecule has 0 fully saturated rings. The normalized spacial score (nSPS) is 17.1. The smallest absolute Gasteiger partial charge is 0.255 e. The molecule has 10 nitrogen and oxygen atoms in total. The van der Waals surface area contributed by atoms with Gasteiger partial charge >= 0.3 is 0 Å². The number of rotatable bonds is 8. The molecule has 0 unspecified atom stereocenters. The van der Waals surface area contributed by atoms with Gasteiger partial charge in [-0.15, -0.1) is 11.3 Å². The van der Waals surface area contributed by atoms with E-state index < -0.39 is 36.1 Å². The molecule has 4 N–H and O–H groups in total. The van der Waals surface area contributed by atoms with Gasteiger partial charge in [-0.25, -0.2) is 9.67 Å². The van der Waals surface area contributed by atoms with Crippen molar-refractivity contribution >= 4 is 28.3 Å². The van der Waals surface area contributed by atoms with Crippen LogP contribution in [0.4, 0.5) is 5.13 Å². The van der Waals surface area contributed by atoms with Crippen LogP contribution < -0.4 is 10.6 Å². The molecule has 1 aliphatic heterocycles. The van der Waals surface area contributed by atoms with Crippen molar-refractivity contribution in [2.45, 2.75) is 37.6 Å². The lowest BCUT2D eigenvalue weighted by Crippen LogP contribution is -2.53. The molecular formula is C28H30N6O4S. The number of aliphatic hydroxyl groups is 2. The van der Waals surface area contributed by atoms with Gasteiger partial charge in [0.05, 0.1) is 17.4 Å². The van der Waals surface area contributed by atoms with E-state index in [1.165, 1.54) is 16.2 Å². The van der Waals surface area contributed by atoms with Crippen LogP contribution in [0.25, 0.3) is 5.69 Å². The maximum atomic E-state index is 13.5. The van der Waals surface area contributed by atoms with Gasteiger partial charge in [0.25, 0.3) is 11.8 Å². The monoisotopic (exact) mass is 546 g/mol. The number of nitrogens with one attached hydrogen (secondary N) is 2. The number of carbonyl (C=O) groups is 2. The molecule has 11 heteroatoms. The summed E-state index contributed by atoms with van der Waals surface area (Å²) >= 11 is 1.41. The highest BCUT2D eigenvalue weighted by Gasteiger charge is 2.40. The van der Waals surface area contributed by atoms with E-state index in [4.69, 9.17) is 0 Å². The lowest BCUT2D eigenvalue weighted by atomic mass is 9.90. The minimum absolute atomic E-state index is 0.317. The standard InChI is InChI=1S/C28H30N6O4S/c1-17(18-8-10-20(11-9-18)34-14-5-13-30-34)31-26(37)24(35)25(36)27(38)33-15-12-19-6-3-4-7-21(19)23(33)22-16-39-28(29-2)32-22/h3-11,13-14,16-17,23-25,35-36H,12,15H2,1-2H3,(H,29,32)(H,31,37)/t17-,23-,24-,25-/m1/s1. The zero-order chi connectivity index (χ0) is 27.5. The summed E-state index contributed by atoms with van der Waals surface area (Å²) in [5.41, 5.74) is 4.31. The summed E-state index contributed by atoms with van der Waals surface area (Å²) in [6.45, 7) is 2.08. The first-order valence-corrected chi connectivity index (χ1v) is 13.5. The van der Waals surface area contributed by atoms with E-state index >= 15 is 0 Å². The molecule has 0 saturated heterocycles. The number of fused-ring (bicyclic) bond motifs is 1. The van der Waals surface area contributed by atoms with Crippen molar-refractivity contribution in [3.8, 4) is 5.69 Å². The Hall–Kier alpha value is -4.06. The third-order valence-corrected chi connectivity index (χ3v) is 7.80. The second-order valence-corrected chi connectivity index (χ2v) is 10.2. The first kappa shape index (κ1) is 26.5. The summed E-state index contributed by atoms with van der Waals surface area (Å²) in [6, 6.07) is 16.0. The molecule has 0 saturated carbocycles. The zero-order valence-electron chi connectivity index (χ0n) is 21.6. The number of carbonyl (C=O) groups excluding carboxylic acids is 2. The van der Waals surface area contributed by atoms with E-state index in [1.54, 1.807) is 24.9 Å². The maximum Gasteiger partial charge on any atom is 0.255 e. The molecule has 0 spiro atoms. The number of aliphatic hydroxyl groups excluding tert-OH is 2. The fourth-order valence-electron chi connectivity index (χ4n) is 4.82. The van der Waals surface area contributed by atoms with E-state index in [0.29, 0.717) is 23.8 Å². The Morgan fingerprint density at radius 3 is 2.54 bits per heavy atom. The lowest BCUT2D eigenvalue weighted by molar-refractivity contribution is -0.155. The molecule has 2 aromatic carbocycles. The molecule has 2 aromatic heterocycles. The van der Waals surface area contributed by atoms with Gasteiger partial charge in [0.1, 0.15) is 6.04 Å². The van der Waals surface area contributed by atoms with Gasteiger partial charge in [0.2, 0.25) is 0 Å². The van der Waals surface area contributed by atoms with Crippen molar-refractivity contribution < 1.29 is 19.8 Å². The molecule has 0 radical (unpaired) electrons. The predicted octanol–water partition coefficient (Wildman–Crippen LogP) is 2.44. The van der Waals surface area contributed by atoms with Crippen molar-refractivity contribution in [2.24, 2.45) is 0 Å². The van der Waals surface area contributed by atoms with E-state index in [2.05, 4.69) is 20.7 Å². The average molecular weight is 547 g/mol. The van der Waals surface area contributed by atoms with Crippen molar-refractivity contribution in [1.82, 2.24) is 25.0 Å². The number of hydrogen-bond donors (Lipinski definition) is 4. The molecule has 0 bridgehead atoms. The topological polar surface area (TPSA) is 133 Å². The molecule has 4 aromatic rings. The number of aromatic nitrogens is 3. The maximum absolute atomic E-state index is 13.5. The highest BCUT2D eigenvalue weighted by Crippen LogP contribution is 2.37. The van der Waals surface area contributed by atoms with Gasteiger partial charge in [-0.3, -0.25) is 9.59 Å². The second kappa shape index (κ2) is 11.4. The average Bonchev–Trinajstić information content (AvgIpc) is 3.68. The van der Waals surface area contributed by atoms with Crippen LogP contribution in [0.1, 0.15) is 41.4 Å². The van der Waals surface area contributed by atoms with E-state index in [9.17, 15) is 19.8 Å². The van der Waals surface area contributed by atoms with Gasteiger partial charge in [0.15, 0.2) is 17.3 Å². The Kier molecular flexibility index (Phi) is 7.73. The summed E-state index contributed by atoms with van der Waals surface area (Å²) < 4.78 is 1.72. The van der Waals surface area contributed by atoms with Crippen LogP contribution in [-0.2, 0) is 16.0 Å². The van der Waals surface area contributed by atoms with Crippen LogP contribution in [0.3, 0.4) is 0 Å². The lowest BCUT2D eigenvalue weighted by Gasteiger charge is -2.38. The third-order valence-electron chi connectivity index (χ3n) is 6.92. The largest absolute Gasteiger partial charge is 0.380 e. The van der Waals surface area contributed by atoms with Crippen LogP contribution in [-0.4, -0.2) is 67.5 Å². The molecule has 4 atom stereocenters. The number of benzene rings is 2. The van der Waals surface area contributed by atoms with Gasteiger partial charge in [-0.2, -0.15) is 5.10 Å². The molecule has 2 amide bonds. The van der Waals surface area contributed by atoms with E-state index in [-0.39, 0.29) is 0 Å². The summed E-state index contributed by atoms with van der Waals surface area (Å²) in [5, 5.41) is 34.0. The van der Waals surface area contributed by atoms with Crippen molar-refractivity contribution in [3.05, 3.63) is 94.8 Å². The zero-order valence-corrected chi connectivity index (χ0v) is 22.4. The molecule has 1 aliphatic rings. The van der Waals surface area contributed by atoms with E-state index in [1.807, 2.05) is 66.2 Å². The van der Waals surface area contributed by atoms with Crippen LogP contribution in [0.5, 0.6) is 0 Å². The number of hydrogen-bond acceptors (Lipinski definition) is 8. The second-order valence-electron chi connectivity index (χ2n) is 9.37. The van der Waals surface area contributed by atoms with Gasteiger partial charge < -0.3 is 25.7 Å². The van der Waals surface area contributed by atoms with Gasteiger partial charge in [-0.1, -0.05) is 36.4 Å². The first-order valence-electron chi connectivity index (χ1n) is 12.7. The minimum Gasteiger partial charge on any atom is -0.380 e. The van der Waals surface area contributed by atoms with Gasteiger partial charge in [0, 0.05) is 31.4 Å². The van der Waals surface area contributed by atoms with Crippen molar-refractivity contribution in [1.29, 1.82) is 0 Å². The number of nitrogens with zero attached hydrogens (tertiary/aromatic N) is 4. The number of anilines is 1. The predicted molar refractivity (Wildman–Crippen MR) is 147 cm³/mol. The summed E-state index contributed by atoms with van der Waals surface area (Å²) in [4.78, 5) is 32.5. The summed E-state index contributed by atoms with van der Waals surface area (Å²) in [7, 11) is 1.77. The summed E-state index contributed by atoms with van der Waals surface area (Å²) in [5.74, 6) is -1.56. The molecule has 5 rings (SSSR count). The molecule has 39 heavy (non-hydrogen) atoms. The molecule has 202 valence electrons. The van der Waals surface area contributed by atoms with Crippen molar-refractivity contribution in [2.75, 3.05) is 18.9 Å². The Morgan fingerprint density at radius 2 is 1.85 bits per heavy atom. The highest BCUT2D eigenvalue weighted by atomic mass is 32.1. The quantitative estimate of drug-likeness (QED) is 0.267. The molecule has 3 heterocycles. The fraction of sp³-hybridized carbons (Fsp3) is 0.286. The number of amides is 2. The third kappa shape index (κ3) is 5.42. The van der Waals surface area contributed by atoms with Crippen molar-refractivity contribution in [3.63, 3.8) is 0 Å². The first-order chi connectivity index (χ1) is 18.9. The van der Waals surface area contributed by atoms with Crippen LogP contribution >= 0.6 is 11.3 Å².